The van der Waals surface area contributed by atoms with E-state index in [0.717, 1.165) is 16.2 Å². The minimum absolute atomic E-state index is 0.227. The maximum atomic E-state index is 11.5. The number of hydrogen-bond donors (Lipinski definition) is 3. The van der Waals surface area contributed by atoms with Gasteiger partial charge in [-0.15, -0.1) is 11.3 Å². The lowest BCUT2D eigenvalue weighted by atomic mass is 10.3. The zero-order chi connectivity index (χ0) is 13.1. The molecule has 1 atom stereocenters. The number of thiophene rings is 1. The van der Waals surface area contributed by atoms with Crippen LogP contribution in [-0.2, 0) is 21.4 Å². The van der Waals surface area contributed by atoms with Gasteiger partial charge in [-0.25, -0.2) is 13.1 Å². The van der Waals surface area contributed by atoms with E-state index in [9.17, 15) is 13.2 Å². The zero-order valence-electron chi connectivity index (χ0n) is 9.56. The van der Waals surface area contributed by atoms with Crippen LogP contribution in [0.3, 0.4) is 0 Å². The smallest absolute Gasteiger partial charge is 0.249 e. The third kappa shape index (κ3) is 3.77. The monoisotopic (exact) mass is 277 g/mol. The van der Waals surface area contributed by atoms with Crippen LogP contribution in [0.15, 0.2) is 16.3 Å². The van der Waals surface area contributed by atoms with Gasteiger partial charge in [0, 0.05) is 4.88 Å². The Kier molecular flexibility index (Phi) is 4.63. The minimum Gasteiger partial charge on any atom is -0.350 e. The summed E-state index contributed by atoms with van der Waals surface area (Å²) in [4.78, 5) is 12.0. The lowest BCUT2D eigenvalue weighted by molar-refractivity contribution is -0.122. The van der Waals surface area contributed by atoms with Crippen molar-refractivity contribution in [2.45, 2.75) is 23.7 Å². The highest BCUT2D eigenvalue weighted by Crippen LogP contribution is 2.20. The van der Waals surface area contributed by atoms with Crippen LogP contribution in [0.2, 0.25) is 0 Å². The number of rotatable bonds is 5. The second-order valence-electron chi connectivity index (χ2n) is 3.43. The van der Waals surface area contributed by atoms with Crippen molar-refractivity contribution in [2.24, 2.45) is 5.73 Å². The highest BCUT2D eigenvalue weighted by Gasteiger charge is 2.14. The molecule has 0 saturated heterocycles. The molecule has 17 heavy (non-hydrogen) atoms. The third-order valence-electron chi connectivity index (χ3n) is 2.02. The van der Waals surface area contributed by atoms with Crippen LogP contribution in [0, 0.1) is 0 Å². The molecule has 0 aliphatic heterocycles. The van der Waals surface area contributed by atoms with E-state index in [-0.39, 0.29) is 16.7 Å². The predicted molar refractivity (Wildman–Crippen MR) is 66.1 cm³/mol. The Morgan fingerprint density at radius 3 is 2.71 bits per heavy atom. The molecule has 0 aromatic carbocycles. The van der Waals surface area contributed by atoms with Gasteiger partial charge in [0.1, 0.15) is 4.21 Å². The predicted octanol–water partition coefficient (Wildman–Crippen LogP) is -0.380. The van der Waals surface area contributed by atoms with E-state index in [1.165, 1.54) is 13.1 Å². The van der Waals surface area contributed by atoms with Crippen molar-refractivity contribution < 1.29 is 13.2 Å². The number of carbonyl (C=O) groups excluding carboxylic acids is 1. The van der Waals surface area contributed by atoms with Crippen LogP contribution in [0.1, 0.15) is 11.8 Å². The first-order chi connectivity index (χ1) is 7.86. The van der Waals surface area contributed by atoms with Crippen LogP contribution in [0.5, 0.6) is 0 Å². The fourth-order valence-corrected chi connectivity index (χ4v) is 3.17. The number of hydrogen-bond acceptors (Lipinski definition) is 5. The van der Waals surface area contributed by atoms with Crippen LogP contribution < -0.4 is 15.8 Å². The fourth-order valence-electron chi connectivity index (χ4n) is 1.03. The summed E-state index contributed by atoms with van der Waals surface area (Å²) in [5.41, 5.74) is 5.38. The summed E-state index contributed by atoms with van der Waals surface area (Å²) in [6.07, 6.45) is 0. The van der Waals surface area contributed by atoms with E-state index in [2.05, 4.69) is 10.0 Å². The van der Waals surface area contributed by atoms with Gasteiger partial charge >= 0.3 is 0 Å². The number of sulfonamides is 1. The van der Waals surface area contributed by atoms with E-state index in [1.807, 2.05) is 0 Å². The molecule has 0 aliphatic rings. The molecule has 0 unspecified atom stereocenters. The van der Waals surface area contributed by atoms with Crippen molar-refractivity contribution in [1.29, 1.82) is 0 Å². The summed E-state index contributed by atoms with van der Waals surface area (Å²) in [6.45, 7) is 1.87. The van der Waals surface area contributed by atoms with Crippen LogP contribution in [0.4, 0.5) is 0 Å². The van der Waals surface area contributed by atoms with E-state index >= 15 is 0 Å². The molecule has 0 aliphatic carbocycles. The van der Waals surface area contributed by atoms with Crippen LogP contribution in [0.25, 0.3) is 0 Å². The zero-order valence-corrected chi connectivity index (χ0v) is 11.2. The maximum Gasteiger partial charge on any atom is 0.249 e. The summed E-state index contributed by atoms with van der Waals surface area (Å²) in [6, 6.07) is 2.59. The Morgan fingerprint density at radius 2 is 2.18 bits per heavy atom. The largest absolute Gasteiger partial charge is 0.350 e. The van der Waals surface area contributed by atoms with Crippen LogP contribution >= 0.6 is 11.3 Å². The second-order valence-corrected chi connectivity index (χ2v) is 6.72. The van der Waals surface area contributed by atoms with Gasteiger partial charge in [-0.05, 0) is 26.1 Å². The molecule has 0 bridgehead atoms. The molecular weight excluding hydrogens is 262 g/mol. The molecule has 6 nitrogen and oxygen atoms in total. The molecule has 1 aromatic heterocycles. The highest BCUT2D eigenvalue weighted by molar-refractivity contribution is 7.91. The molecular formula is C9H15N3O3S2. The summed E-state index contributed by atoms with van der Waals surface area (Å²) in [5, 5.41) is 2.61. The summed E-state index contributed by atoms with van der Waals surface area (Å²) in [7, 11) is -2.05. The Bertz CT molecular complexity index is 493. The summed E-state index contributed by atoms with van der Waals surface area (Å²) in [5.74, 6) is -0.267. The van der Waals surface area contributed by atoms with Gasteiger partial charge in [-0.1, -0.05) is 0 Å². The topological polar surface area (TPSA) is 101 Å². The van der Waals surface area contributed by atoms with Crippen molar-refractivity contribution in [3.63, 3.8) is 0 Å². The molecule has 1 heterocycles. The van der Waals surface area contributed by atoms with Gasteiger partial charge in [-0.3, -0.25) is 4.79 Å². The van der Waals surface area contributed by atoms with E-state index in [1.54, 1.807) is 13.0 Å². The summed E-state index contributed by atoms with van der Waals surface area (Å²) >= 11 is 1.11. The fraction of sp³-hybridized carbons (Fsp3) is 0.444. The number of nitrogens with two attached hydrogens (primary N) is 1. The first kappa shape index (κ1) is 14.1. The van der Waals surface area contributed by atoms with Gasteiger partial charge in [0.05, 0.1) is 12.6 Å². The Morgan fingerprint density at radius 1 is 1.53 bits per heavy atom. The minimum atomic E-state index is -3.40. The van der Waals surface area contributed by atoms with E-state index in [0.29, 0.717) is 0 Å². The highest BCUT2D eigenvalue weighted by atomic mass is 32.2. The van der Waals surface area contributed by atoms with Crippen molar-refractivity contribution in [3.05, 3.63) is 17.0 Å². The summed E-state index contributed by atoms with van der Waals surface area (Å²) < 4.78 is 25.4. The Balaban J connectivity index is 2.67. The van der Waals surface area contributed by atoms with Crippen molar-refractivity contribution in [1.82, 2.24) is 10.0 Å². The first-order valence-electron chi connectivity index (χ1n) is 4.92. The number of carbonyl (C=O) groups is 1. The molecule has 1 aromatic rings. The Hall–Kier alpha value is -0.960. The molecule has 0 saturated carbocycles. The molecule has 0 fully saturated rings. The molecule has 0 spiro atoms. The average molecular weight is 277 g/mol. The van der Waals surface area contributed by atoms with Crippen molar-refractivity contribution >= 4 is 27.3 Å². The average Bonchev–Trinajstić information content (AvgIpc) is 2.75. The third-order valence-corrected chi connectivity index (χ3v) is 5.01. The Labute approximate surface area is 104 Å². The van der Waals surface area contributed by atoms with Crippen molar-refractivity contribution in [3.8, 4) is 0 Å². The molecule has 0 radical (unpaired) electrons. The SMILES string of the molecule is CNS(=O)(=O)c1ccc(CNC(=O)[C@@H](C)N)s1. The van der Waals surface area contributed by atoms with E-state index < -0.39 is 16.1 Å². The lowest BCUT2D eigenvalue weighted by Crippen LogP contribution is -2.37. The van der Waals surface area contributed by atoms with Gasteiger partial charge in [-0.2, -0.15) is 0 Å². The molecule has 1 amide bonds. The maximum absolute atomic E-state index is 11.5. The van der Waals surface area contributed by atoms with Gasteiger partial charge in [0.25, 0.3) is 0 Å². The second kappa shape index (κ2) is 5.58. The van der Waals surface area contributed by atoms with Crippen molar-refractivity contribution in [2.75, 3.05) is 7.05 Å². The first-order valence-corrected chi connectivity index (χ1v) is 7.22. The molecule has 4 N–H and O–H groups in total. The molecule has 96 valence electrons. The quantitative estimate of drug-likeness (QED) is 0.683. The lowest BCUT2D eigenvalue weighted by Gasteiger charge is -2.05. The number of nitrogens with one attached hydrogen (secondary N) is 2. The molecule has 1 rings (SSSR count). The van der Waals surface area contributed by atoms with E-state index in [4.69, 9.17) is 5.73 Å². The number of amides is 1. The normalized spacial score (nSPS) is 13.4. The van der Waals surface area contributed by atoms with Crippen LogP contribution in [-0.4, -0.2) is 27.4 Å². The van der Waals surface area contributed by atoms with Gasteiger partial charge in [0.15, 0.2) is 0 Å². The molecule has 8 heteroatoms. The standard InChI is InChI=1S/C9H15N3O3S2/c1-6(10)9(13)12-5-7-3-4-8(16-7)17(14,15)11-2/h3-4,6,11H,5,10H2,1-2H3,(H,12,13)/t6-/m1/s1. The van der Waals surface area contributed by atoms with Gasteiger partial charge in [0.2, 0.25) is 15.9 Å². The van der Waals surface area contributed by atoms with Gasteiger partial charge < -0.3 is 11.1 Å².